The number of aliphatic carboxylic acids is 2. The molecule has 0 bridgehead atoms. The number of carboxylic acids is 2. The summed E-state index contributed by atoms with van der Waals surface area (Å²) in [7, 11) is 0. The molecule has 0 aliphatic heterocycles. The van der Waals surface area contributed by atoms with Gasteiger partial charge >= 0.3 is 5.97 Å². The van der Waals surface area contributed by atoms with Crippen LogP contribution in [0.4, 0.5) is 0 Å². The largest absolute Gasteiger partial charge is 0.481 e. The van der Waals surface area contributed by atoms with E-state index in [-0.39, 0.29) is 18.3 Å². The first-order valence-corrected chi connectivity index (χ1v) is 3.47. The molecule has 4 N–H and O–H groups in total. The SMILES string of the molecule is CC(=O)O.CC(C)C(N)C(=O)O.Cl. The normalized spacial score (nSPS) is 10.5. The van der Waals surface area contributed by atoms with Gasteiger partial charge < -0.3 is 15.9 Å². The average Bonchev–Trinajstić information content (AvgIpc) is 1.84. The minimum atomic E-state index is -0.931. The number of hydrogen-bond donors (Lipinski definition) is 3. The standard InChI is InChI=1S/C5H11NO2.C2H4O2.ClH/c1-3(2)4(6)5(7)8;1-2(3)4;/h3-4H,6H2,1-2H3,(H,7,8);1H3,(H,3,4);1H. The van der Waals surface area contributed by atoms with Crippen molar-refractivity contribution in [1.82, 2.24) is 0 Å². The van der Waals surface area contributed by atoms with Crippen LogP contribution in [0.1, 0.15) is 20.8 Å². The molecule has 0 radical (unpaired) electrons. The Morgan fingerprint density at radius 3 is 1.46 bits per heavy atom. The summed E-state index contributed by atoms with van der Waals surface area (Å²) < 4.78 is 0. The van der Waals surface area contributed by atoms with Crippen molar-refractivity contribution in [2.75, 3.05) is 0 Å². The molecule has 6 heteroatoms. The Morgan fingerprint density at radius 2 is 1.46 bits per heavy atom. The minimum absolute atomic E-state index is 0. The number of carboxylic acid groups (broad SMARTS) is 2. The van der Waals surface area contributed by atoms with Gasteiger partial charge in [0, 0.05) is 6.92 Å². The number of hydrogen-bond acceptors (Lipinski definition) is 3. The van der Waals surface area contributed by atoms with E-state index in [2.05, 4.69) is 0 Å². The Hall–Kier alpha value is -0.810. The highest BCUT2D eigenvalue weighted by Crippen LogP contribution is 1.96. The van der Waals surface area contributed by atoms with Gasteiger partial charge in [-0.3, -0.25) is 9.59 Å². The maximum Gasteiger partial charge on any atom is 0.320 e. The molecule has 0 aromatic carbocycles. The molecule has 0 aliphatic rings. The van der Waals surface area contributed by atoms with Crippen LogP contribution in [0.2, 0.25) is 0 Å². The smallest absolute Gasteiger partial charge is 0.320 e. The lowest BCUT2D eigenvalue weighted by Crippen LogP contribution is -2.34. The van der Waals surface area contributed by atoms with Crippen LogP contribution in [0.3, 0.4) is 0 Å². The lowest BCUT2D eigenvalue weighted by atomic mass is 10.1. The van der Waals surface area contributed by atoms with Gasteiger partial charge in [0.05, 0.1) is 0 Å². The molecule has 0 saturated heterocycles. The third kappa shape index (κ3) is 18.3. The molecule has 5 nitrogen and oxygen atoms in total. The van der Waals surface area contributed by atoms with Crippen LogP contribution in [0.25, 0.3) is 0 Å². The van der Waals surface area contributed by atoms with Crippen molar-refractivity contribution in [3.05, 3.63) is 0 Å². The maximum absolute atomic E-state index is 10.0. The van der Waals surface area contributed by atoms with Gasteiger partial charge in [0.1, 0.15) is 6.04 Å². The summed E-state index contributed by atoms with van der Waals surface area (Å²) in [5.74, 6) is -1.74. The van der Waals surface area contributed by atoms with Gasteiger partial charge in [-0.15, -0.1) is 12.4 Å². The molecule has 0 heterocycles. The van der Waals surface area contributed by atoms with E-state index in [0.29, 0.717) is 0 Å². The zero-order valence-electron chi connectivity index (χ0n) is 7.85. The molecule has 0 aromatic heterocycles. The average molecular weight is 214 g/mol. The Kier molecular flexibility index (Phi) is 12.9. The van der Waals surface area contributed by atoms with E-state index >= 15 is 0 Å². The van der Waals surface area contributed by atoms with Crippen molar-refractivity contribution >= 4 is 24.3 Å². The second-order valence-electron chi connectivity index (χ2n) is 2.63. The van der Waals surface area contributed by atoms with Crippen molar-refractivity contribution in [1.29, 1.82) is 0 Å². The fraction of sp³-hybridized carbons (Fsp3) is 0.714. The van der Waals surface area contributed by atoms with E-state index in [4.69, 9.17) is 20.7 Å². The predicted octanol–water partition coefficient (Wildman–Crippen LogP) is 0.567. The second-order valence-corrected chi connectivity index (χ2v) is 2.63. The van der Waals surface area contributed by atoms with Crippen LogP contribution in [-0.4, -0.2) is 28.2 Å². The van der Waals surface area contributed by atoms with Gasteiger partial charge in [-0.1, -0.05) is 13.8 Å². The Balaban J connectivity index is -0.000000173. The van der Waals surface area contributed by atoms with E-state index in [9.17, 15) is 4.79 Å². The first-order valence-electron chi connectivity index (χ1n) is 3.47. The first-order chi connectivity index (χ1) is 5.29. The molecular formula is C7H16ClNO4. The zero-order chi connectivity index (χ0) is 10.3. The van der Waals surface area contributed by atoms with Crippen molar-refractivity contribution in [2.24, 2.45) is 11.7 Å². The number of rotatable bonds is 2. The molecule has 1 atom stereocenters. The zero-order valence-corrected chi connectivity index (χ0v) is 8.67. The molecule has 0 saturated carbocycles. The molecule has 13 heavy (non-hydrogen) atoms. The van der Waals surface area contributed by atoms with Crippen molar-refractivity contribution < 1.29 is 19.8 Å². The van der Waals surface area contributed by atoms with Gasteiger partial charge in [-0.05, 0) is 5.92 Å². The molecule has 0 aromatic rings. The second kappa shape index (κ2) is 9.28. The van der Waals surface area contributed by atoms with Crippen LogP contribution < -0.4 is 5.73 Å². The van der Waals surface area contributed by atoms with Gasteiger partial charge in [0.25, 0.3) is 5.97 Å². The molecular weight excluding hydrogens is 198 g/mol. The first kappa shape index (κ1) is 18.1. The lowest BCUT2D eigenvalue weighted by molar-refractivity contribution is -0.139. The number of halogens is 1. The summed E-state index contributed by atoms with van der Waals surface area (Å²) in [5.41, 5.74) is 5.16. The fourth-order valence-electron chi connectivity index (χ4n) is 0.285. The van der Waals surface area contributed by atoms with Crippen molar-refractivity contribution in [2.45, 2.75) is 26.8 Å². The highest BCUT2D eigenvalue weighted by molar-refractivity contribution is 5.85. The highest BCUT2D eigenvalue weighted by Gasteiger charge is 2.14. The third-order valence-corrected chi connectivity index (χ3v) is 1.00. The summed E-state index contributed by atoms with van der Waals surface area (Å²) in [4.78, 5) is 19.0. The molecule has 1 unspecified atom stereocenters. The van der Waals surface area contributed by atoms with E-state index in [1.165, 1.54) is 0 Å². The van der Waals surface area contributed by atoms with Crippen LogP contribution >= 0.6 is 12.4 Å². The van der Waals surface area contributed by atoms with E-state index < -0.39 is 18.0 Å². The molecule has 0 spiro atoms. The van der Waals surface area contributed by atoms with Crippen LogP contribution in [0.15, 0.2) is 0 Å². The predicted molar refractivity (Wildman–Crippen MR) is 51.0 cm³/mol. The summed E-state index contributed by atoms with van der Waals surface area (Å²) in [6, 6.07) is -0.713. The van der Waals surface area contributed by atoms with E-state index in [1.807, 2.05) is 0 Å². The van der Waals surface area contributed by atoms with Gasteiger partial charge in [0.2, 0.25) is 0 Å². The number of carbonyl (C=O) groups is 2. The van der Waals surface area contributed by atoms with Gasteiger partial charge in [-0.2, -0.15) is 0 Å². The quantitative estimate of drug-likeness (QED) is 0.623. The Bertz CT molecular complexity index is 157. The summed E-state index contributed by atoms with van der Waals surface area (Å²) >= 11 is 0. The summed E-state index contributed by atoms with van der Waals surface area (Å²) in [6.45, 7) is 4.64. The van der Waals surface area contributed by atoms with Crippen LogP contribution in [0, 0.1) is 5.92 Å². The van der Waals surface area contributed by atoms with Gasteiger partial charge in [0.15, 0.2) is 0 Å². The lowest BCUT2D eigenvalue weighted by Gasteiger charge is -2.07. The van der Waals surface area contributed by atoms with E-state index in [1.54, 1.807) is 13.8 Å². The molecule has 0 aliphatic carbocycles. The van der Waals surface area contributed by atoms with Gasteiger partial charge in [-0.25, -0.2) is 0 Å². The minimum Gasteiger partial charge on any atom is -0.481 e. The Morgan fingerprint density at radius 1 is 1.23 bits per heavy atom. The molecule has 0 rings (SSSR count). The third-order valence-electron chi connectivity index (χ3n) is 1.00. The summed E-state index contributed by atoms with van der Waals surface area (Å²) in [5, 5.41) is 15.6. The fourth-order valence-corrected chi connectivity index (χ4v) is 0.285. The Labute approximate surface area is 83.3 Å². The summed E-state index contributed by atoms with van der Waals surface area (Å²) in [6.07, 6.45) is 0. The maximum atomic E-state index is 10.0. The van der Waals surface area contributed by atoms with Crippen molar-refractivity contribution in [3.63, 3.8) is 0 Å². The van der Waals surface area contributed by atoms with Crippen molar-refractivity contribution in [3.8, 4) is 0 Å². The van der Waals surface area contributed by atoms with Crippen LogP contribution in [-0.2, 0) is 9.59 Å². The topological polar surface area (TPSA) is 101 Å². The molecule has 0 amide bonds. The van der Waals surface area contributed by atoms with Crippen LogP contribution in [0.5, 0.6) is 0 Å². The highest BCUT2D eigenvalue weighted by atomic mass is 35.5. The number of nitrogens with two attached hydrogens (primary N) is 1. The van der Waals surface area contributed by atoms with E-state index in [0.717, 1.165) is 6.92 Å². The monoisotopic (exact) mass is 213 g/mol. The molecule has 80 valence electrons. The molecule has 0 fully saturated rings.